The van der Waals surface area contributed by atoms with E-state index in [1.165, 1.54) is 7.11 Å². The molecule has 7 heteroatoms. The summed E-state index contributed by atoms with van der Waals surface area (Å²) in [7, 11) is 1.50. The molecule has 0 aromatic heterocycles. The third-order valence-electron chi connectivity index (χ3n) is 5.38. The molecule has 0 saturated carbocycles. The summed E-state index contributed by atoms with van der Waals surface area (Å²) >= 11 is 0. The average molecular weight is 426 g/mol. The van der Waals surface area contributed by atoms with Crippen LogP contribution in [0.15, 0.2) is 30.3 Å². The van der Waals surface area contributed by atoms with Gasteiger partial charge in [0.25, 0.3) is 5.91 Å². The lowest BCUT2D eigenvalue weighted by Gasteiger charge is -2.29. The van der Waals surface area contributed by atoms with Gasteiger partial charge in [-0.2, -0.15) is 0 Å². The van der Waals surface area contributed by atoms with Gasteiger partial charge in [0.1, 0.15) is 17.1 Å². The van der Waals surface area contributed by atoms with Gasteiger partial charge in [0.05, 0.1) is 19.3 Å². The largest absolute Gasteiger partial charge is 0.494 e. The number of anilines is 2. The van der Waals surface area contributed by atoms with E-state index in [0.29, 0.717) is 61.0 Å². The molecule has 1 fully saturated rings. The molecule has 1 saturated heterocycles. The molecule has 1 heterocycles. The van der Waals surface area contributed by atoms with Gasteiger partial charge in [0.15, 0.2) is 5.75 Å². The molecule has 31 heavy (non-hydrogen) atoms. The van der Waals surface area contributed by atoms with Gasteiger partial charge in [-0.25, -0.2) is 0 Å². The zero-order chi connectivity index (χ0) is 22.4. The molecule has 166 valence electrons. The smallest absolute Gasteiger partial charge is 0.252 e. The Hall–Kier alpha value is -3.22. The summed E-state index contributed by atoms with van der Waals surface area (Å²) in [5, 5.41) is 3.47. The van der Waals surface area contributed by atoms with Crippen molar-refractivity contribution in [3.63, 3.8) is 0 Å². The first-order valence-electron chi connectivity index (χ1n) is 10.8. The summed E-state index contributed by atoms with van der Waals surface area (Å²) in [5.74, 6) is 0.278. The molecule has 0 spiro atoms. The molecular weight excluding hydrogens is 394 g/mol. The van der Waals surface area contributed by atoms with Crippen LogP contribution in [0, 0.1) is 0 Å². The van der Waals surface area contributed by atoms with Gasteiger partial charge in [0, 0.05) is 25.1 Å². The van der Waals surface area contributed by atoms with Crippen LogP contribution in [0.2, 0.25) is 0 Å². The number of rotatable bonds is 10. The fourth-order valence-corrected chi connectivity index (χ4v) is 4.08. The molecule has 2 aromatic rings. The molecule has 0 atom stereocenters. The third-order valence-corrected chi connectivity index (χ3v) is 5.38. The standard InChI is InChI=1S/C24H31N3O4/c1-4-10-17-19(24(25)29)23(30-3)21(27-14-9-13-18(27)28)20(22(17)31-5-2)26-15-16-11-7-6-8-12-16/h6-8,11-12,26H,4-5,9-10,13-15H2,1-3H3,(H2,25,29). The highest BCUT2D eigenvalue weighted by Crippen LogP contribution is 2.50. The summed E-state index contributed by atoms with van der Waals surface area (Å²) in [6, 6.07) is 9.97. The monoisotopic (exact) mass is 425 g/mol. The van der Waals surface area contributed by atoms with Gasteiger partial charge in [-0.3, -0.25) is 9.59 Å². The molecular formula is C24H31N3O4. The number of amides is 2. The minimum absolute atomic E-state index is 0.0119. The number of nitrogens with one attached hydrogen (secondary N) is 1. The first-order chi connectivity index (χ1) is 15.0. The van der Waals surface area contributed by atoms with Gasteiger partial charge in [-0.15, -0.1) is 0 Å². The van der Waals surface area contributed by atoms with Crippen LogP contribution in [0.1, 0.15) is 54.6 Å². The van der Waals surface area contributed by atoms with Crippen LogP contribution in [0.3, 0.4) is 0 Å². The van der Waals surface area contributed by atoms with Crippen molar-refractivity contribution in [2.75, 3.05) is 30.5 Å². The Bertz CT molecular complexity index is 944. The predicted octanol–water partition coefficient (Wildman–Crippen LogP) is 3.88. The van der Waals surface area contributed by atoms with Gasteiger partial charge in [-0.1, -0.05) is 43.7 Å². The number of carbonyl (C=O) groups is 2. The number of carbonyl (C=O) groups excluding carboxylic acids is 2. The lowest BCUT2D eigenvalue weighted by Crippen LogP contribution is -2.28. The van der Waals surface area contributed by atoms with Crippen molar-refractivity contribution < 1.29 is 19.1 Å². The molecule has 0 aliphatic carbocycles. The van der Waals surface area contributed by atoms with Crippen LogP contribution in [-0.2, 0) is 17.8 Å². The van der Waals surface area contributed by atoms with Crippen LogP contribution >= 0.6 is 0 Å². The maximum atomic E-state index is 12.7. The van der Waals surface area contributed by atoms with E-state index in [1.807, 2.05) is 44.2 Å². The lowest BCUT2D eigenvalue weighted by molar-refractivity contribution is -0.117. The highest BCUT2D eigenvalue weighted by Gasteiger charge is 2.34. The summed E-state index contributed by atoms with van der Waals surface area (Å²) in [4.78, 5) is 26.9. The summed E-state index contributed by atoms with van der Waals surface area (Å²) in [5.41, 5.74) is 9.06. The zero-order valence-electron chi connectivity index (χ0n) is 18.5. The van der Waals surface area contributed by atoms with E-state index >= 15 is 0 Å². The minimum atomic E-state index is -0.594. The topological polar surface area (TPSA) is 93.9 Å². The number of methoxy groups -OCH3 is 1. The molecule has 3 N–H and O–H groups in total. The van der Waals surface area contributed by atoms with Crippen LogP contribution in [0.4, 0.5) is 11.4 Å². The van der Waals surface area contributed by atoms with E-state index in [1.54, 1.807) is 4.90 Å². The molecule has 2 aromatic carbocycles. The maximum absolute atomic E-state index is 12.7. The molecule has 3 rings (SSSR count). The summed E-state index contributed by atoms with van der Waals surface area (Å²) in [6.07, 6.45) is 2.59. The third kappa shape index (κ3) is 4.60. The van der Waals surface area contributed by atoms with E-state index < -0.39 is 5.91 Å². The fourth-order valence-electron chi connectivity index (χ4n) is 4.08. The first kappa shape index (κ1) is 22.5. The van der Waals surface area contributed by atoms with E-state index in [0.717, 1.165) is 18.4 Å². The summed E-state index contributed by atoms with van der Waals surface area (Å²) in [6.45, 7) is 5.41. The van der Waals surface area contributed by atoms with Crippen LogP contribution < -0.4 is 25.4 Å². The van der Waals surface area contributed by atoms with Crippen molar-refractivity contribution in [1.29, 1.82) is 0 Å². The Morgan fingerprint density at radius 2 is 1.94 bits per heavy atom. The molecule has 0 bridgehead atoms. The van der Waals surface area contributed by atoms with Crippen molar-refractivity contribution >= 4 is 23.2 Å². The van der Waals surface area contributed by atoms with Crippen molar-refractivity contribution in [2.24, 2.45) is 5.73 Å². The van der Waals surface area contributed by atoms with Crippen molar-refractivity contribution in [2.45, 2.75) is 46.1 Å². The number of hydrogen-bond acceptors (Lipinski definition) is 5. The normalized spacial score (nSPS) is 13.4. The lowest BCUT2D eigenvalue weighted by atomic mass is 9.96. The van der Waals surface area contributed by atoms with E-state index in [2.05, 4.69) is 5.32 Å². The minimum Gasteiger partial charge on any atom is -0.494 e. The Kier molecular flexibility index (Phi) is 7.39. The number of hydrogen-bond donors (Lipinski definition) is 2. The molecule has 0 radical (unpaired) electrons. The number of nitrogens with two attached hydrogens (primary N) is 1. The number of benzene rings is 2. The Morgan fingerprint density at radius 3 is 2.48 bits per heavy atom. The highest BCUT2D eigenvalue weighted by molar-refractivity contribution is 6.08. The highest BCUT2D eigenvalue weighted by atomic mass is 16.5. The molecule has 2 amide bonds. The molecule has 1 aliphatic rings. The number of nitrogens with zero attached hydrogens (tertiary/aromatic N) is 1. The van der Waals surface area contributed by atoms with Crippen molar-refractivity contribution in [1.82, 2.24) is 0 Å². The zero-order valence-corrected chi connectivity index (χ0v) is 18.5. The van der Waals surface area contributed by atoms with Crippen LogP contribution in [0.25, 0.3) is 0 Å². The Balaban J connectivity index is 2.27. The fraction of sp³-hybridized carbons (Fsp3) is 0.417. The van der Waals surface area contributed by atoms with Gasteiger partial charge in [-0.05, 0) is 25.3 Å². The first-order valence-corrected chi connectivity index (χ1v) is 10.8. The Labute approximate surface area is 183 Å². The summed E-state index contributed by atoms with van der Waals surface area (Å²) < 4.78 is 11.8. The second kappa shape index (κ2) is 10.2. The molecule has 0 unspecified atom stereocenters. The average Bonchev–Trinajstić information content (AvgIpc) is 3.19. The van der Waals surface area contributed by atoms with E-state index in [9.17, 15) is 9.59 Å². The van der Waals surface area contributed by atoms with E-state index in [-0.39, 0.29) is 11.5 Å². The van der Waals surface area contributed by atoms with Gasteiger partial charge in [0.2, 0.25) is 5.91 Å². The van der Waals surface area contributed by atoms with Crippen molar-refractivity contribution in [3.05, 3.63) is 47.0 Å². The number of ether oxygens (including phenoxy) is 2. The SMILES string of the molecule is CCCc1c(OCC)c(NCc2ccccc2)c(N2CCCC2=O)c(OC)c1C(N)=O. The molecule has 7 nitrogen and oxygen atoms in total. The van der Waals surface area contributed by atoms with Gasteiger partial charge >= 0.3 is 0 Å². The maximum Gasteiger partial charge on any atom is 0.252 e. The predicted molar refractivity (Wildman–Crippen MR) is 122 cm³/mol. The van der Waals surface area contributed by atoms with Crippen molar-refractivity contribution in [3.8, 4) is 11.5 Å². The van der Waals surface area contributed by atoms with Crippen LogP contribution in [-0.4, -0.2) is 32.1 Å². The quantitative estimate of drug-likeness (QED) is 0.602. The second-order valence-electron chi connectivity index (χ2n) is 7.47. The second-order valence-corrected chi connectivity index (χ2v) is 7.47. The Morgan fingerprint density at radius 1 is 1.19 bits per heavy atom. The molecule has 1 aliphatic heterocycles. The van der Waals surface area contributed by atoms with Gasteiger partial charge < -0.3 is 25.4 Å². The number of primary amides is 1. The van der Waals surface area contributed by atoms with E-state index in [4.69, 9.17) is 15.2 Å². The van der Waals surface area contributed by atoms with Crippen LogP contribution in [0.5, 0.6) is 11.5 Å².